The van der Waals surface area contributed by atoms with Crippen LogP contribution in [0, 0.1) is 0 Å². The van der Waals surface area contributed by atoms with E-state index >= 15 is 0 Å². The zero-order chi connectivity index (χ0) is 17.8. The Morgan fingerprint density at radius 2 is 1.92 bits per heavy atom. The van der Waals surface area contributed by atoms with E-state index in [-0.39, 0.29) is 12.4 Å². The first-order chi connectivity index (χ1) is 12.1. The van der Waals surface area contributed by atoms with Crippen molar-refractivity contribution in [3.05, 3.63) is 60.4 Å². The van der Waals surface area contributed by atoms with Gasteiger partial charge in [0.1, 0.15) is 25.0 Å². The van der Waals surface area contributed by atoms with Crippen molar-refractivity contribution >= 4 is 16.8 Å². The largest absolute Gasteiger partial charge is 0.491 e. The minimum Gasteiger partial charge on any atom is -0.491 e. The molecule has 1 N–H and O–H groups in total. The number of aromatic nitrogens is 2. The zero-order valence-corrected chi connectivity index (χ0v) is 14.6. The Bertz CT molecular complexity index is 868. The van der Waals surface area contributed by atoms with Crippen LogP contribution in [0.2, 0.25) is 0 Å². The number of carbonyl (C=O) groups excluding carboxylic acids is 1. The van der Waals surface area contributed by atoms with Gasteiger partial charge >= 0.3 is 0 Å². The van der Waals surface area contributed by atoms with Crippen LogP contribution in [-0.2, 0) is 13.1 Å². The quantitative estimate of drug-likeness (QED) is 0.532. The van der Waals surface area contributed by atoms with E-state index in [1.807, 2.05) is 23.0 Å². The highest BCUT2D eigenvalue weighted by molar-refractivity contribution is 5.94. The molecular weight excluding hydrogens is 316 g/mol. The van der Waals surface area contributed by atoms with E-state index in [2.05, 4.69) is 23.6 Å². The summed E-state index contributed by atoms with van der Waals surface area (Å²) in [6, 6.07) is 15.1. The van der Waals surface area contributed by atoms with Gasteiger partial charge < -0.3 is 9.84 Å². The Morgan fingerprint density at radius 3 is 2.60 bits per heavy atom. The molecule has 2 aromatic carbocycles. The van der Waals surface area contributed by atoms with Crippen LogP contribution >= 0.6 is 0 Å². The molecule has 0 fully saturated rings. The standard InChI is InChI=1S/C20H23N2O3/c1-3-21-14-22(20-7-5-4-6-19(20)21)12-17(24)13-25-18-10-8-16(9-11-18)15(2)23/h4-11,14,17,24H,3,12-13H2,1-2H3/q+1/t17-/m0/s1. The first kappa shape index (κ1) is 17.2. The van der Waals surface area contributed by atoms with Crippen LogP contribution in [-0.4, -0.2) is 28.2 Å². The lowest BCUT2D eigenvalue weighted by Crippen LogP contribution is -2.41. The topological polar surface area (TPSA) is 55.3 Å². The van der Waals surface area contributed by atoms with Crippen molar-refractivity contribution in [3.8, 4) is 5.75 Å². The van der Waals surface area contributed by atoms with E-state index < -0.39 is 6.10 Å². The summed E-state index contributed by atoms with van der Waals surface area (Å²) in [7, 11) is 0. The van der Waals surface area contributed by atoms with Crippen molar-refractivity contribution < 1.29 is 19.2 Å². The predicted molar refractivity (Wildman–Crippen MR) is 95.8 cm³/mol. The van der Waals surface area contributed by atoms with E-state index in [1.165, 1.54) is 6.92 Å². The third-order valence-electron chi connectivity index (χ3n) is 4.23. The number of para-hydroxylation sites is 2. The van der Waals surface area contributed by atoms with E-state index in [1.54, 1.807) is 24.3 Å². The average Bonchev–Trinajstić information content (AvgIpc) is 2.98. The second-order valence-corrected chi connectivity index (χ2v) is 6.09. The van der Waals surface area contributed by atoms with Gasteiger partial charge in [0.05, 0.1) is 6.54 Å². The Hall–Kier alpha value is -2.66. The van der Waals surface area contributed by atoms with Crippen LogP contribution in [0.3, 0.4) is 0 Å². The summed E-state index contributed by atoms with van der Waals surface area (Å²) in [5.74, 6) is 0.667. The summed E-state index contributed by atoms with van der Waals surface area (Å²) in [5.41, 5.74) is 2.89. The van der Waals surface area contributed by atoms with Gasteiger partial charge in [-0.3, -0.25) is 4.79 Å². The Kier molecular flexibility index (Phi) is 5.14. The first-order valence-corrected chi connectivity index (χ1v) is 8.47. The first-order valence-electron chi connectivity index (χ1n) is 8.47. The van der Waals surface area contributed by atoms with Crippen molar-refractivity contribution in [2.24, 2.45) is 0 Å². The molecule has 5 nitrogen and oxygen atoms in total. The fourth-order valence-electron chi connectivity index (χ4n) is 2.90. The third-order valence-corrected chi connectivity index (χ3v) is 4.23. The van der Waals surface area contributed by atoms with Gasteiger partial charge in [0.2, 0.25) is 6.33 Å². The predicted octanol–water partition coefficient (Wildman–Crippen LogP) is 2.59. The number of fused-ring (bicyclic) bond motifs is 1. The fraction of sp³-hybridized carbons (Fsp3) is 0.300. The molecule has 0 saturated carbocycles. The number of ketones is 1. The number of aliphatic hydroxyl groups excluding tert-OH is 1. The Balaban J connectivity index is 1.65. The van der Waals surface area contributed by atoms with Gasteiger partial charge in [-0.2, -0.15) is 0 Å². The van der Waals surface area contributed by atoms with Crippen LogP contribution in [0.25, 0.3) is 11.0 Å². The van der Waals surface area contributed by atoms with E-state index in [9.17, 15) is 9.90 Å². The molecular formula is C20H23N2O3+. The van der Waals surface area contributed by atoms with Gasteiger partial charge in [0.25, 0.3) is 0 Å². The molecule has 3 rings (SSSR count). The van der Waals surface area contributed by atoms with E-state index in [0.717, 1.165) is 17.6 Å². The normalized spacial score (nSPS) is 12.3. The molecule has 0 spiro atoms. The van der Waals surface area contributed by atoms with Crippen molar-refractivity contribution in [1.82, 2.24) is 4.57 Å². The maximum atomic E-state index is 11.3. The third kappa shape index (κ3) is 3.88. The molecule has 5 heteroatoms. The van der Waals surface area contributed by atoms with Crippen LogP contribution in [0.1, 0.15) is 24.2 Å². The summed E-state index contributed by atoms with van der Waals surface area (Å²) in [4.78, 5) is 11.3. The number of hydrogen-bond acceptors (Lipinski definition) is 3. The van der Waals surface area contributed by atoms with Crippen LogP contribution in [0.4, 0.5) is 0 Å². The molecule has 1 aromatic heterocycles. The molecule has 130 valence electrons. The molecule has 0 aliphatic rings. The van der Waals surface area contributed by atoms with Gasteiger partial charge in [-0.1, -0.05) is 12.1 Å². The number of hydrogen-bond donors (Lipinski definition) is 1. The Labute approximate surface area is 147 Å². The van der Waals surface area contributed by atoms with Crippen molar-refractivity contribution in [2.75, 3.05) is 6.61 Å². The van der Waals surface area contributed by atoms with Gasteiger partial charge in [-0.25, -0.2) is 9.13 Å². The molecule has 3 aromatic rings. The number of Topliss-reactive ketones (excluding diaryl/α,β-unsaturated/α-hetero) is 1. The smallest absolute Gasteiger partial charge is 0.244 e. The second kappa shape index (κ2) is 7.49. The average molecular weight is 339 g/mol. The summed E-state index contributed by atoms with van der Waals surface area (Å²) >= 11 is 0. The lowest BCUT2D eigenvalue weighted by molar-refractivity contribution is -0.679. The van der Waals surface area contributed by atoms with Crippen molar-refractivity contribution in [1.29, 1.82) is 0 Å². The molecule has 0 aliphatic carbocycles. The van der Waals surface area contributed by atoms with Crippen LogP contribution in [0.15, 0.2) is 54.9 Å². The summed E-state index contributed by atoms with van der Waals surface area (Å²) in [6.45, 7) is 5.16. The zero-order valence-electron chi connectivity index (χ0n) is 14.6. The van der Waals surface area contributed by atoms with Crippen molar-refractivity contribution in [3.63, 3.8) is 0 Å². The number of ether oxygens (including phenoxy) is 1. The maximum absolute atomic E-state index is 11.3. The number of rotatable bonds is 7. The molecule has 0 bridgehead atoms. The summed E-state index contributed by atoms with van der Waals surface area (Å²) in [6.07, 6.45) is 1.39. The maximum Gasteiger partial charge on any atom is 0.244 e. The Morgan fingerprint density at radius 1 is 1.20 bits per heavy atom. The highest BCUT2D eigenvalue weighted by Crippen LogP contribution is 2.14. The number of aryl methyl sites for hydroxylation is 1. The SMILES string of the molecule is CCn1c[n+](C[C@H](O)COc2ccc(C(C)=O)cc2)c2ccccc21. The number of imidazole rings is 1. The van der Waals surface area contributed by atoms with Crippen molar-refractivity contribution in [2.45, 2.75) is 33.0 Å². The summed E-state index contributed by atoms with van der Waals surface area (Å²) in [5, 5.41) is 10.3. The van der Waals surface area contributed by atoms with E-state index in [4.69, 9.17) is 4.74 Å². The molecule has 0 saturated heterocycles. The number of benzene rings is 2. The number of carbonyl (C=O) groups is 1. The number of nitrogens with zero attached hydrogens (tertiary/aromatic N) is 2. The highest BCUT2D eigenvalue weighted by Gasteiger charge is 2.17. The molecule has 1 heterocycles. The van der Waals surface area contributed by atoms with Gasteiger partial charge in [-0.05, 0) is 50.2 Å². The minimum absolute atomic E-state index is 0.0234. The lowest BCUT2D eigenvalue weighted by atomic mass is 10.1. The molecule has 1 atom stereocenters. The monoisotopic (exact) mass is 339 g/mol. The van der Waals surface area contributed by atoms with Gasteiger partial charge in [0, 0.05) is 5.56 Å². The number of aliphatic hydroxyl groups is 1. The van der Waals surface area contributed by atoms with Gasteiger partial charge in [0.15, 0.2) is 16.8 Å². The van der Waals surface area contributed by atoms with Crippen LogP contribution < -0.4 is 9.30 Å². The lowest BCUT2D eigenvalue weighted by Gasteiger charge is -2.11. The molecule has 0 aliphatic heterocycles. The molecule has 0 unspecified atom stereocenters. The van der Waals surface area contributed by atoms with Crippen LogP contribution in [0.5, 0.6) is 5.75 Å². The van der Waals surface area contributed by atoms with Gasteiger partial charge in [-0.15, -0.1) is 0 Å². The van der Waals surface area contributed by atoms with E-state index in [0.29, 0.717) is 17.9 Å². The fourth-order valence-corrected chi connectivity index (χ4v) is 2.90. The molecule has 0 radical (unpaired) electrons. The highest BCUT2D eigenvalue weighted by atomic mass is 16.5. The molecule has 0 amide bonds. The molecule has 25 heavy (non-hydrogen) atoms. The second-order valence-electron chi connectivity index (χ2n) is 6.09. The summed E-state index contributed by atoms with van der Waals surface area (Å²) < 4.78 is 9.84. The minimum atomic E-state index is -0.631.